The average Bonchev–Trinajstić information content (AvgIpc) is 2.80. The van der Waals surface area contributed by atoms with Crippen LogP contribution in [0.3, 0.4) is 0 Å². The Bertz CT molecular complexity index is 486. The number of nitrogens with zero attached hydrogens (tertiary/aromatic N) is 2. The topological polar surface area (TPSA) is 79.7 Å². The minimum atomic E-state index is -0.851. The molecule has 2 heterocycles. The van der Waals surface area contributed by atoms with Gasteiger partial charge >= 0.3 is 5.97 Å². The van der Waals surface area contributed by atoms with Crippen molar-refractivity contribution in [3.63, 3.8) is 0 Å². The van der Waals surface area contributed by atoms with Crippen molar-refractivity contribution in [2.75, 3.05) is 20.2 Å². The lowest BCUT2D eigenvalue weighted by atomic mass is 9.99. The summed E-state index contributed by atoms with van der Waals surface area (Å²) in [5.74, 6) is -1.13. The highest BCUT2D eigenvalue weighted by Crippen LogP contribution is 2.24. The number of amides is 1. The van der Waals surface area contributed by atoms with Crippen molar-refractivity contribution in [1.29, 1.82) is 0 Å². The SMILES string of the molecule is COc1ccc(C(=O)N2C[C@@H](C)[C@H](C(=O)O)C2)cn1. The first-order chi connectivity index (χ1) is 9.02. The lowest BCUT2D eigenvalue weighted by Crippen LogP contribution is -2.30. The summed E-state index contributed by atoms with van der Waals surface area (Å²) in [6.45, 7) is 2.56. The van der Waals surface area contributed by atoms with E-state index in [4.69, 9.17) is 9.84 Å². The van der Waals surface area contributed by atoms with Gasteiger partial charge in [0.1, 0.15) is 0 Å². The van der Waals surface area contributed by atoms with E-state index in [1.807, 2.05) is 6.92 Å². The molecule has 0 unspecified atom stereocenters. The number of methoxy groups -OCH3 is 1. The zero-order valence-corrected chi connectivity index (χ0v) is 10.9. The molecule has 2 rings (SSSR count). The van der Waals surface area contributed by atoms with Gasteiger partial charge in [-0.2, -0.15) is 0 Å². The molecule has 6 nitrogen and oxygen atoms in total. The van der Waals surface area contributed by atoms with Gasteiger partial charge in [0.15, 0.2) is 0 Å². The van der Waals surface area contributed by atoms with Gasteiger partial charge in [0, 0.05) is 25.4 Å². The molecule has 1 amide bonds. The monoisotopic (exact) mass is 264 g/mol. The van der Waals surface area contributed by atoms with Gasteiger partial charge in [0.05, 0.1) is 18.6 Å². The molecule has 0 spiro atoms. The first-order valence-corrected chi connectivity index (χ1v) is 6.05. The third kappa shape index (κ3) is 2.67. The lowest BCUT2D eigenvalue weighted by Gasteiger charge is -2.15. The van der Waals surface area contributed by atoms with E-state index in [0.29, 0.717) is 18.0 Å². The summed E-state index contributed by atoms with van der Waals surface area (Å²) in [7, 11) is 1.50. The van der Waals surface area contributed by atoms with Gasteiger partial charge in [-0.1, -0.05) is 6.92 Å². The summed E-state index contributed by atoms with van der Waals surface area (Å²) < 4.78 is 4.93. The van der Waals surface area contributed by atoms with E-state index >= 15 is 0 Å². The molecule has 2 atom stereocenters. The van der Waals surface area contributed by atoms with Gasteiger partial charge in [0.25, 0.3) is 5.91 Å². The van der Waals surface area contributed by atoms with Crippen LogP contribution in [0.2, 0.25) is 0 Å². The van der Waals surface area contributed by atoms with Gasteiger partial charge in [-0.25, -0.2) is 4.98 Å². The van der Waals surface area contributed by atoms with Crippen molar-refractivity contribution in [2.24, 2.45) is 11.8 Å². The maximum Gasteiger partial charge on any atom is 0.308 e. The average molecular weight is 264 g/mol. The molecular weight excluding hydrogens is 248 g/mol. The Labute approximate surface area is 111 Å². The van der Waals surface area contributed by atoms with Crippen molar-refractivity contribution in [2.45, 2.75) is 6.92 Å². The molecule has 102 valence electrons. The van der Waals surface area contributed by atoms with E-state index < -0.39 is 11.9 Å². The number of carboxylic acids is 1. The largest absolute Gasteiger partial charge is 0.481 e. The summed E-state index contributed by atoms with van der Waals surface area (Å²) in [5, 5.41) is 9.06. The molecule has 0 aromatic carbocycles. The van der Waals surface area contributed by atoms with Crippen LogP contribution in [0.15, 0.2) is 18.3 Å². The fourth-order valence-corrected chi connectivity index (χ4v) is 2.26. The number of aliphatic carboxylic acids is 1. The van der Waals surface area contributed by atoms with Crippen LogP contribution in [0, 0.1) is 11.8 Å². The number of hydrogen-bond acceptors (Lipinski definition) is 4. The van der Waals surface area contributed by atoms with Crippen molar-refractivity contribution < 1.29 is 19.4 Å². The zero-order valence-electron chi connectivity index (χ0n) is 10.9. The molecular formula is C13H16N2O4. The molecule has 0 saturated carbocycles. The maximum absolute atomic E-state index is 12.2. The molecule has 1 N–H and O–H groups in total. The summed E-state index contributed by atoms with van der Waals surface area (Å²) in [6.07, 6.45) is 1.44. The van der Waals surface area contributed by atoms with E-state index in [0.717, 1.165) is 0 Å². The van der Waals surface area contributed by atoms with E-state index in [9.17, 15) is 9.59 Å². The number of pyridine rings is 1. The Morgan fingerprint density at radius 3 is 2.63 bits per heavy atom. The normalized spacial score (nSPS) is 22.3. The molecule has 1 aromatic rings. The van der Waals surface area contributed by atoms with E-state index in [1.165, 1.54) is 13.3 Å². The fraction of sp³-hybridized carbons (Fsp3) is 0.462. The molecule has 1 fully saturated rings. The number of hydrogen-bond donors (Lipinski definition) is 1. The molecule has 1 aliphatic rings. The summed E-state index contributed by atoms with van der Waals surface area (Å²) in [4.78, 5) is 28.8. The van der Waals surface area contributed by atoms with E-state index in [-0.39, 0.29) is 18.4 Å². The Kier molecular flexibility index (Phi) is 3.69. The van der Waals surface area contributed by atoms with Crippen LogP contribution < -0.4 is 4.74 Å². The van der Waals surface area contributed by atoms with Gasteiger partial charge in [-0.05, 0) is 12.0 Å². The maximum atomic E-state index is 12.2. The van der Waals surface area contributed by atoms with Crippen molar-refractivity contribution in [3.05, 3.63) is 23.9 Å². The van der Waals surface area contributed by atoms with Gasteiger partial charge in [-0.15, -0.1) is 0 Å². The van der Waals surface area contributed by atoms with Crippen LogP contribution in [-0.2, 0) is 4.79 Å². The van der Waals surface area contributed by atoms with E-state index in [2.05, 4.69) is 4.98 Å². The highest BCUT2D eigenvalue weighted by atomic mass is 16.5. The van der Waals surface area contributed by atoms with Gasteiger partial charge < -0.3 is 14.7 Å². The number of aromatic nitrogens is 1. The molecule has 0 aliphatic carbocycles. The van der Waals surface area contributed by atoms with E-state index in [1.54, 1.807) is 17.0 Å². The third-order valence-corrected chi connectivity index (χ3v) is 3.41. The Balaban J connectivity index is 2.10. The van der Waals surface area contributed by atoms with Crippen LogP contribution in [-0.4, -0.2) is 47.1 Å². The molecule has 1 aromatic heterocycles. The Morgan fingerprint density at radius 1 is 1.42 bits per heavy atom. The first-order valence-electron chi connectivity index (χ1n) is 6.05. The molecule has 6 heteroatoms. The standard InChI is InChI=1S/C13H16N2O4/c1-8-6-15(7-10(8)13(17)18)12(16)9-3-4-11(19-2)14-5-9/h3-5,8,10H,6-7H2,1-2H3,(H,17,18)/t8-,10-/m1/s1. The smallest absolute Gasteiger partial charge is 0.308 e. The second-order valence-electron chi connectivity index (χ2n) is 4.72. The minimum Gasteiger partial charge on any atom is -0.481 e. The highest BCUT2D eigenvalue weighted by molar-refractivity contribution is 5.94. The van der Waals surface area contributed by atoms with Crippen LogP contribution in [0.1, 0.15) is 17.3 Å². The predicted molar refractivity (Wildman–Crippen MR) is 67.0 cm³/mol. The molecule has 1 saturated heterocycles. The molecule has 1 aliphatic heterocycles. The first kappa shape index (κ1) is 13.3. The molecule has 0 bridgehead atoms. The number of carbonyl (C=O) groups excluding carboxylic acids is 1. The summed E-state index contributed by atoms with van der Waals surface area (Å²) in [5.41, 5.74) is 0.444. The van der Waals surface area contributed by atoms with Crippen LogP contribution in [0.4, 0.5) is 0 Å². The number of rotatable bonds is 3. The molecule has 19 heavy (non-hydrogen) atoms. The van der Waals surface area contributed by atoms with Crippen molar-refractivity contribution in [3.8, 4) is 5.88 Å². The van der Waals surface area contributed by atoms with Crippen molar-refractivity contribution >= 4 is 11.9 Å². The van der Waals surface area contributed by atoms with Gasteiger partial charge in [-0.3, -0.25) is 9.59 Å². The van der Waals surface area contributed by atoms with Crippen LogP contribution in [0.5, 0.6) is 5.88 Å². The van der Waals surface area contributed by atoms with Crippen molar-refractivity contribution in [1.82, 2.24) is 9.88 Å². The van der Waals surface area contributed by atoms with Gasteiger partial charge in [0.2, 0.25) is 5.88 Å². The number of carboxylic acid groups (broad SMARTS) is 1. The second-order valence-corrected chi connectivity index (χ2v) is 4.72. The summed E-state index contributed by atoms with van der Waals surface area (Å²) >= 11 is 0. The molecule has 0 radical (unpaired) electrons. The third-order valence-electron chi connectivity index (χ3n) is 3.41. The Hall–Kier alpha value is -2.11. The quantitative estimate of drug-likeness (QED) is 0.876. The highest BCUT2D eigenvalue weighted by Gasteiger charge is 2.37. The number of ether oxygens (including phenoxy) is 1. The number of likely N-dealkylation sites (tertiary alicyclic amines) is 1. The van der Waals surface area contributed by atoms with Crippen LogP contribution in [0.25, 0.3) is 0 Å². The minimum absolute atomic E-state index is 0.0346. The fourth-order valence-electron chi connectivity index (χ4n) is 2.26. The number of carbonyl (C=O) groups is 2. The predicted octanol–water partition coefficient (Wildman–Crippen LogP) is 0.883. The second kappa shape index (κ2) is 5.26. The zero-order chi connectivity index (χ0) is 14.0. The Morgan fingerprint density at radius 2 is 2.16 bits per heavy atom. The van der Waals surface area contributed by atoms with Crippen LogP contribution >= 0.6 is 0 Å². The lowest BCUT2D eigenvalue weighted by molar-refractivity contribution is -0.142. The summed E-state index contributed by atoms with van der Waals surface area (Å²) in [6, 6.07) is 3.24.